The molecule has 2 rings (SSSR count). The first-order valence-corrected chi connectivity index (χ1v) is 6.51. The smallest absolute Gasteiger partial charge is 0.131 e. The van der Waals surface area contributed by atoms with Gasteiger partial charge in [-0.2, -0.15) is 0 Å². The van der Waals surface area contributed by atoms with Crippen molar-refractivity contribution < 1.29 is 4.74 Å². The number of halogens is 2. The molecule has 0 bridgehead atoms. The van der Waals surface area contributed by atoms with E-state index in [1.54, 1.807) is 6.07 Å². The van der Waals surface area contributed by atoms with Crippen molar-refractivity contribution in [1.29, 1.82) is 0 Å². The van der Waals surface area contributed by atoms with Crippen molar-refractivity contribution in [2.75, 3.05) is 5.73 Å². The van der Waals surface area contributed by atoms with E-state index in [1.165, 1.54) is 3.57 Å². The number of benzene rings is 2. The molecular weight excluding hydrogens is 349 g/mol. The van der Waals surface area contributed by atoms with Gasteiger partial charge in [0.05, 0.1) is 10.7 Å². The number of rotatable bonds is 2. The van der Waals surface area contributed by atoms with Crippen LogP contribution in [0.4, 0.5) is 5.69 Å². The third kappa shape index (κ3) is 3.04. The van der Waals surface area contributed by atoms with Crippen LogP contribution < -0.4 is 10.5 Å². The second kappa shape index (κ2) is 5.14. The summed E-state index contributed by atoms with van der Waals surface area (Å²) in [7, 11) is 0. The minimum Gasteiger partial charge on any atom is -0.457 e. The standard InChI is InChI=1S/C13H11ClINO/c1-8-6-12(16)11(14)7-13(8)17-10-4-2-9(15)3-5-10/h2-7H,16H2,1H3. The van der Waals surface area contributed by atoms with Gasteiger partial charge in [-0.3, -0.25) is 0 Å². The predicted molar refractivity (Wildman–Crippen MR) is 79.8 cm³/mol. The van der Waals surface area contributed by atoms with E-state index in [0.717, 1.165) is 17.1 Å². The Labute approximate surface area is 119 Å². The highest BCUT2D eigenvalue weighted by molar-refractivity contribution is 14.1. The van der Waals surface area contributed by atoms with Gasteiger partial charge in [0.1, 0.15) is 11.5 Å². The number of aryl methyl sites for hydroxylation is 1. The molecule has 0 amide bonds. The molecule has 0 heterocycles. The molecule has 88 valence electrons. The lowest BCUT2D eigenvalue weighted by Gasteiger charge is -2.10. The van der Waals surface area contributed by atoms with Gasteiger partial charge in [-0.1, -0.05) is 11.6 Å². The number of hydrogen-bond donors (Lipinski definition) is 1. The Balaban J connectivity index is 2.30. The third-order valence-electron chi connectivity index (χ3n) is 2.34. The van der Waals surface area contributed by atoms with Crippen LogP contribution in [-0.2, 0) is 0 Å². The van der Waals surface area contributed by atoms with Gasteiger partial charge in [0.2, 0.25) is 0 Å². The van der Waals surface area contributed by atoms with Gasteiger partial charge in [-0.05, 0) is 65.4 Å². The van der Waals surface area contributed by atoms with Crippen molar-refractivity contribution in [3.05, 3.63) is 50.6 Å². The Kier molecular flexibility index (Phi) is 3.79. The number of nitrogens with two attached hydrogens (primary N) is 1. The topological polar surface area (TPSA) is 35.2 Å². The lowest BCUT2D eigenvalue weighted by Crippen LogP contribution is -1.92. The first kappa shape index (κ1) is 12.5. The van der Waals surface area contributed by atoms with Crippen LogP contribution in [0, 0.1) is 10.5 Å². The molecule has 0 saturated heterocycles. The minimum absolute atomic E-state index is 0.510. The molecule has 0 saturated carbocycles. The first-order chi connectivity index (χ1) is 8.06. The van der Waals surface area contributed by atoms with Crippen LogP contribution >= 0.6 is 34.2 Å². The van der Waals surface area contributed by atoms with Gasteiger partial charge in [-0.15, -0.1) is 0 Å². The molecule has 0 aromatic heterocycles. The maximum absolute atomic E-state index is 5.97. The van der Waals surface area contributed by atoms with Crippen molar-refractivity contribution >= 4 is 39.9 Å². The van der Waals surface area contributed by atoms with E-state index in [4.69, 9.17) is 22.1 Å². The summed E-state index contributed by atoms with van der Waals surface area (Å²) < 4.78 is 6.93. The van der Waals surface area contributed by atoms with Gasteiger partial charge in [0.15, 0.2) is 0 Å². The highest BCUT2D eigenvalue weighted by Gasteiger charge is 2.05. The van der Waals surface area contributed by atoms with E-state index in [9.17, 15) is 0 Å². The number of nitrogen functional groups attached to an aromatic ring is 1. The lowest BCUT2D eigenvalue weighted by atomic mass is 10.2. The van der Waals surface area contributed by atoms with E-state index in [1.807, 2.05) is 37.3 Å². The second-order valence-electron chi connectivity index (χ2n) is 3.70. The summed E-state index contributed by atoms with van der Waals surface area (Å²) in [5.41, 5.74) is 7.25. The van der Waals surface area contributed by atoms with Crippen LogP contribution in [0.1, 0.15) is 5.56 Å². The van der Waals surface area contributed by atoms with Crippen molar-refractivity contribution in [2.45, 2.75) is 6.92 Å². The Morgan fingerprint density at radius 1 is 1.18 bits per heavy atom. The molecule has 17 heavy (non-hydrogen) atoms. The van der Waals surface area contributed by atoms with Crippen molar-refractivity contribution in [2.24, 2.45) is 0 Å². The maximum Gasteiger partial charge on any atom is 0.131 e. The molecule has 0 radical (unpaired) electrons. The van der Waals surface area contributed by atoms with E-state index in [0.29, 0.717) is 10.7 Å². The molecule has 2 aromatic rings. The molecule has 4 heteroatoms. The summed E-state index contributed by atoms with van der Waals surface area (Å²) in [6.07, 6.45) is 0. The molecule has 0 unspecified atom stereocenters. The van der Waals surface area contributed by atoms with Crippen LogP contribution in [0.5, 0.6) is 11.5 Å². The van der Waals surface area contributed by atoms with Gasteiger partial charge in [-0.25, -0.2) is 0 Å². The zero-order valence-corrected chi connectivity index (χ0v) is 12.1. The Bertz CT molecular complexity index is 540. The predicted octanol–water partition coefficient (Wildman–Crippen LogP) is 4.63. The van der Waals surface area contributed by atoms with Crippen molar-refractivity contribution in [3.63, 3.8) is 0 Å². The van der Waals surface area contributed by atoms with Gasteiger partial charge < -0.3 is 10.5 Å². The molecular formula is C13H11ClINO. The Hall–Kier alpha value is -0.940. The second-order valence-corrected chi connectivity index (χ2v) is 5.35. The van der Waals surface area contributed by atoms with Crippen LogP contribution in [0.25, 0.3) is 0 Å². The molecule has 0 atom stereocenters. The highest BCUT2D eigenvalue weighted by atomic mass is 127. The number of ether oxygens (including phenoxy) is 1. The largest absolute Gasteiger partial charge is 0.457 e. The van der Waals surface area contributed by atoms with E-state index >= 15 is 0 Å². The summed E-state index contributed by atoms with van der Waals surface area (Å²) in [6.45, 7) is 1.94. The SMILES string of the molecule is Cc1cc(N)c(Cl)cc1Oc1ccc(I)cc1. The Morgan fingerprint density at radius 3 is 2.47 bits per heavy atom. The first-order valence-electron chi connectivity index (χ1n) is 5.05. The number of anilines is 1. The van der Waals surface area contributed by atoms with Crippen LogP contribution in [-0.4, -0.2) is 0 Å². The Morgan fingerprint density at radius 2 is 1.82 bits per heavy atom. The third-order valence-corrected chi connectivity index (χ3v) is 3.38. The van der Waals surface area contributed by atoms with Crippen LogP contribution in [0.3, 0.4) is 0 Å². The summed E-state index contributed by atoms with van der Waals surface area (Å²) >= 11 is 8.22. The lowest BCUT2D eigenvalue weighted by molar-refractivity contribution is 0.479. The number of hydrogen-bond acceptors (Lipinski definition) is 2. The van der Waals surface area contributed by atoms with E-state index in [-0.39, 0.29) is 0 Å². The fraction of sp³-hybridized carbons (Fsp3) is 0.0769. The monoisotopic (exact) mass is 359 g/mol. The fourth-order valence-electron chi connectivity index (χ4n) is 1.43. The van der Waals surface area contributed by atoms with Gasteiger partial charge >= 0.3 is 0 Å². The van der Waals surface area contributed by atoms with Crippen LogP contribution in [0.2, 0.25) is 5.02 Å². The average Bonchev–Trinajstić information content (AvgIpc) is 2.29. The molecule has 2 nitrogen and oxygen atoms in total. The molecule has 0 aliphatic heterocycles. The highest BCUT2D eigenvalue weighted by Crippen LogP contribution is 2.31. The fourth-order valence-corrected chi connectivity index (χ4v) is 1.94. The molecule has 0 spiro atoms. The average molecular weight is 360 g/mol. The molecule has 0 aliphatic rings. The molecule has 2 N–H and O–H groups in total. The quantitative estimate of drug-likeness (QED) is 0.627. The van der Waals surface area contributed by atoms with Gasteiger partial charge in [0.25, 0.3) is 0 Å². The summed E-state index contributed by atoms with van der Waals surface area (Å²) in [4.78, 5) is 0. The molecule has 2 aromatic carbocycles. The van der Waals surface area contributed by atoms with E-state index in [2.05, 4.69) is 22.6 Å². The van der Waals surface area contributed by atoms with E-state index < -0.39 is 0 Å². The normalized spacial score (nSPS) is 10.3. The summed E-state index contributed by atoms with van der Waals surface area (Å²) in [5.74, 6) is 1.51. The zero-order chi connectivity index (χ0) is 12.4. The zero-order valence-electron chi connectivity index (χ0n) is 9.21. The van der Waals surface area contributed by atoms with Gasteiger partial charge in [0, 0.05) is 9.64 Å². The summed E-state index contributed by atoms with van der Waals surface area (Å²) in [5, 5.41) is 0.510. The molecule has 0 fully saturated rings. The van der Waals surface area contributed by atoms with Crippen molar-refractivity contribution in [1.82, 2.24) is 0 Å². The van der Waals surface area contributed by atoms with Crippen LogP contribution in [0.15, 0.2) is 36.4 Å². The minimum atomic E-state index is 0.510. The maximum atomic E-state index is 5.97. The van der Waals surface area contributed by atoms with Crippen molar-refractivity contribution in [3.8, 4) is 11.5 Å². The summed E-state index contributed by atoms with van der Waals surface area (Å²) in [6, 6.07) is 11.4. The molecule has 0 aliphatic carbocycles.